The number of carbonyl (C=O) groups excluding carboxylic acids is 1. The third-order valence-corrected chi connectivity index (χ3v) is 1.78. The monoisotopic (exact) mass is 207 g/mol. The molecule has 15 heavy (non-hydrogen) atoms. The van der Waals surface area contributed by atoms with Gasteiger partial charge in [0.05, 0.1) is 18.1 Å². The van der Waals surface area contributed by atoms with Crippen molar-refractivity contribution in [2.75, 3.05) is 7.11 Å². The molecule has 0 aliphatic rings. The zero-order valence-corrected chi connectivity index (χ0v) is 8.04. The van der Waals surface area contributed by atoms with Crippen LogP contribution in [0, 0.1) is 10.1 Å². The van der Waals surface area contributed by atoms with E-state index in [1.807, 2.05) is 0 Å². The highest BCUT2D eigenvalue weighted by Gasteiger charge is 2.09. The second-order valence-electron chi connectivity index (χ2n) is 2.68. The average Bonchev–Trinajstić information content (AvgIpc) is 2.25. The molecule has 0 aromatic heterocycles. The summed E-state index contributed by atoms with van der Waals surface area (Å²) in [5.41, 5.74) is 0.574. The van der Waals surface area contributed by atoms with Crippen molar-refractivity contribution >= 4 is 18.0 Å². The molecule has 0 atom stereocenters. The summed E-state index contributed by atoms with van der Waals surface area (Å²) in [6.07, 6.45) is 3.44. The van der Waals surface area contributed by atoms with Crippen molar-refractivity contribution < 1.29 is 14.5 Å². The van der Waals surface area contributed by atoms with Crippen molar-refractivity contribution in [1.29, 1.82) is 0 Å². The molecule has 5 nitrogen and oxygen atoms in total. The van der Waals surface area contributed by atoms with Gasteiger partial charge in [-0.25, -0.2) is 0 Å². The van der Waals surface area contributed by atoms with E-state index in [0.717, 1.165) is 0 Å². The number of aldehydes is 1. The molecule has 0 saturated carbocycles. The summed E-state index contributed by atoms with van der Waals surface area (Å²) in [5.74, 6) is 0.363. The molecular weight excluding hydrogens is 198 g/mol. The number of rotatable bonds is 4. The standard InChI is InChI=1S/C10H9NO4/c1-15-10-7-9(11(13)14)5-4-8(10)3-2-6-12/h2-7H,1H3/b3-2+. The van der Waals surface area contributed by atoms with Gasteiger partial charge in [0.25, 0.3) is 5.69 Å². The van der Waals surface area contributed by atoms with Crippen LogP contribution in [0.3, 0.4) is 0 Å². The number of allylic oxidation sites excluding steroid dienone is 1. The Morgan fingerprint density at radius 2 is 2.20 bits per heavy atom. The molecule has 0 aliphatic heterocycles. The van der Waals surface area contributed by atoms with Crippen LogP contribution in [-0.2, 0) is 4.79 Å². The minimum Gasteiger partial charge on any atom is -0.496 e. The van der Waals surface area contributed by atoms with Crippen LogP contribution < -0.4 is 4.74 Å². The average molecular weight is 207 g/mol. The first-order valence-electron chi connectivity index (χ1n) is 4.13. The Morgan fingerprint density at radius 3 is 2.73 bits per heavy atom. The Morgan fingerprint density at radius 1 is 1.47 bits per heavy atom. The van der Waals surface area contributed by atoms with Gasteiger partial charge < -0.3 is 4.74 Å². The molecule has 0 radical (unpaired) electrons. The maximum Gasteiger partial charge on any atom is 0.273 e. The Balaban J connectivity index is 3.14. The number of ether oxygens (including phenoxy) is 1. The van der Waals surface area contributed by atoms with Crippen LogP contribution in [0.4, 0.5) is 5.69 Å². The summed E-state index contributed by atoms with van der Waals surface area (Å²) in [6, 6.07) is 4.19. The van der Waals surface area contributed by atoms with Gasteiger partial charge >= 0.3 is 0 Å². The summed E-state index contributed by atoms with van der Waals surface area (Å²) < 4.78 is 4.96. The van der Waals surface area contributed by atoms with Crippen LogP contribution in [0.1, 0.15) is 5.56 Å². The molecule has 0 N–H and O–H groups in total. The number of carbonyl (C=O) groups is 1. The van der Waals surface area contributed by atoms with Crippen LogP contribution in [0.15, 0.2) is 24.3 Å². The highest BCUT2D eigenvalue weighted by atomic mass is 16.6. The summed E-state index contributed by atoms with van der Waals surface area (Å²) in [4.78, 5) is 20.1. The molecule has 0 aliphatic carbocycles. The predicted molar refractivity (Wildman–Crippen MR) is 54.7 cm³/mol. The predicted octanol–water partition coefficient (Wildman–Crippen LogP) is 1.82. The Labute approximate surface area is 86.1 Å². The molecule has 1 aromatic carbocycles. The summed E-state index contributed by atoms with van der Waals surface area (Å²) >= 11 is 0. The van der Waals surface area contributed by atoms with E-state index in [4.69, 9.17) is 4.74 Å². The van der Waals surface area contributed by atoms with E-state index in [9.17, 15) is 14.9 Å². The van der Waals surface area contributed by atoms with E-state index < -0.39 is 4.92 Å². The molecule has 0 fully saturated rings. The van der Waals surface area contributed by atoms with Crippen LogP contribution in [0.2, 0.25) is 0 Å². The molecule has 1 aromatic rings. The topological polar surface area (TPSA) is 69.4 Å². The molecule has 78 valence electrons. The molecule has 0 saturated heterocycles. The van der Waals surface area contributed by atoms with Crippen molar-refractivity contribution in [2.24, 2.45) is 0 Å². The zero-order chi connectivity index (χ0) is 11.3. The lowest BCUT2D eigenvalue weighted by Gasteiger charge is -2.03. The molecule has 0 spiro atoms. The first-order valence-corrected chi connectivity index (χ1v) is 4.13. The third-order valence-electron chi connectivity index (χ3n) is 1.78. The maximum atomic E-state index is 10.5. The maximum absolute atomic E-state index is 10.5. The van der Waals surface area contributed by atoms with Crippen molar-refractivity contribution in [2.45, 2.75) is 0 Å². The Kier molecular flexibility index (Phi) is 3.56. The molecule has 5 heteroatoms. The summed E-state index contributed by atoms with van der Waals surface area (Å²) in [5, 5.41) is 10.5. The largest absolute Gasteiger partial charge is 0.496 e. The molecule has 0 unspecified atom stereocenters. The lowest BCUT2D eigenvalue weighted by molar-refractivity contribution is -0.384. The minimum absolute atomic E-state index is 0.0462. The zero-order valence-electron chi connectivity index (χ0n) is 8.04. The Hall–Kier alpha value is -2.17. The van der Waals surface area contributed by atoms with Crippen molar-refractivity contribution in [3.63, 3.8) is 0 Å². The number of hydrogen-bond donors (Lipinski definition) is 0. The van der Waals surface area contributed by atoms with Gasteiger partial charge in [0, 0.05) is 11.6 Å². The first kappa shape index (κ1) is 10.9. The SMILES string of the molecule is COc1cc([N+](=O)[O-])ccc1/C=C/C=O. The lowest BCUT2D eigenvalue weighted by atomic mass is 10.1. The summed E-state index contributed by atoms with van der Waals surface area (Å²) in [6.45, 7) is 0. The Bertz CT molecular complexity index is 412. The second-order valence-corrected chi connectivity index (χ2v) is 2.68. The molecular formula is C10H9NO4. The van der Waals surface area contributed by atoms with E-state index in [1.165, 1.54) is 37.5 Å². The van der Waals surface area contributed by atoms with Crippen molar-refractivity contribution in [3.05, 3.63) is 40.0 Å². The van der Waals surface area contributed by atoms with Crippen LogP contribution >= 0.6 is 0 Å². The van der Waals surface area contributed by atoms with Gasteiger partial charge in [0.2, 0.25) is 0 Å². The molecule has 0 bridgehead atoms. The van der Waals surface area contributed by atoms with Gasteiger partial charge in [-0.15, -0.1) is 0 Å². The highest BCUT2D eigenvalue weighted by Crippen LogP contribution is 2.25. The first-order chi connectivity index (χ1) is 7.19. The molecule has 0 heterocycles. The number of non-ortho nitro benzene ring substituents is 1. The van der Waals surface area contributed by atoms with Crippen LogP contribution in [0.25, 0.3) is 6.08 Å². The van der Waals surface area contributed by atoms with E-state index in [0.29, 0.717) is 17.6 Å². The molecule has 0 amide bonds. The van der Waals surface area contributed by atoms with Gasteiger partial charge in [-0.1, -0.05) is 0 Å². The van der Waals surface area contributed by atoms with E-state index in [1.54, 1.807) is 0 Å². The van der Waals surface area contributed by atoms with E-state index in [-0.39, 0.29) is 5.69 Å². The second kappa shape index (κ2) is 4.90. The van der Waals surface area contributed by atoms with Gasteiger partial charge in [-0.3, -0.25) is 14.9 Å². The van der Waals surface area contributed by atoms with E-state index in [2.05, 4.69) is 0 Å². The number of hydrogen-bond acceptors (Lipinski definition) is 4. The van der Waals surface area contributed by atoms with Gasteiger partial charge in [0.1, 0.15) is 12.0 Å². The van der Waals surface area contributed by atoms with Gasteiger partial charge in [0.15, 0.2) is 0 Å². The number of nitrogens with zero attached hydrogens (tertiary/aromatic N) is 1. The van der Waals surface area contributed by atoms with Crippen molar-refractivity contribution in [3.8, 4) is 5.75 Å². The van der Waals surface area contributed by atoms with Gasteiger partial charge in [-0.2, -0.15) is 0 Å². The highest BCUT2D eigenvalue weighted by molar-refractivity contribution is 5.75. The number of methoxy groups -OCH3 is 1. The summed E-state index contributed by atoms with van der Waals surface area (Å²) in [7, 11) is 1.41. The van der Waals surface area contributed by atoms with Crippen LogP contribution in [-0.4, -0.2) is 18.3 Å². The quantitative estimate of drug-likeness (QED) is 0.327. The number of nitro groups is 1. The van der Waals surface area contributed by atoms with Crippen LogP contribution in [0.5, 0.6) is 5.75 Å². The van der Waals surface area contributed by atoms with Crippen molar-refractivity contribution in [1.82, 2.24) is 0 Å². The molecule has 1 rings (SSSR count). The third kappa shape index (κ3) is 2.63. The lowest BCUT2D eigenvalue weighted by Crippen LogP contribution is -1.91. The number of benzene rings is 1. The minimum atomic E-state index is -0.504. The number of nitro benzene ring substituents is 1. The fraction of sp³-hybridized carbons (Fsp3) is 0.100. The fourth-order valence-electron chi connectivity index (χ4n) is 1.09. The van der Waals surface area contributed by atoms with Gasteiger partial charge in [-0.05, 0) is 18.2 Å². The normalized spacial score (nSPS) is 10.2. The smallest absolute Gasteiger partial charge is 0.273 e. The van der Waals surface area contributed by atoms with E-state index >= 15 is 0 Å². The fourth-order valence-corrected chi connectivity index (χ4v) is 1.09.